The first-order valence-electron chi connectivity index (χ1n) is 9.35. The van der Waals surface area contributed by atoms with Gasteiger partial charge in [-0.2, -0.15) is 0 Å². The van der Waals surface area contributed by atoms with E-state index < -0.39 is 0 Å². The average molecular weight is 421 g/mol. The van der Waals surface area contributed by atoms with E-state index in [1.807, 2.05) is 42.6 Å². The zero-order valence-corrected chi connectivity index (χ0v) is 17.0. The standard InChI is InChI=1S/C22H17ClN4OS/c23-15-1-2-17-20(11-15)29-21(26-17)6-10-27-12-18-22(19(27)13-28)16(5-9-25-18)14-3-7-24-8-4-14/h1-5,7-9,11,13,19H,6,10,12H2. The van der Waals surface area contributed by atoms with Crippen LogP contribution in [0.5, 0.6) is 0 Å². The van der Waals surface area contributed by atoms with Gasteiger partial charge in [0.15, 0.2) is 0 Å². The molecule has 1 aromatic carbocycles. The number of thiazole rings is 1. The number of carbonyl (C=O) groups is 1. The van der Waals surface area contributed by atoms with Crippen LogP contribution < -0.4 is 0 Å². The Morgan fingerprint density at radius 2 is 2.03 bits per heavy atom. The normalized spacial score (nSPS) is 16.2. The molecule has 1 atom stereocenters. The monoisotopic (exact) mass is 420 g/mol. The van der Waals surface area contributed by atoms with Crippen molar-refractivity contribution in [3.05, 3.63) is 76.3 Å². The second-order valence-electron chi connectivity index (χ2n) is 6.98. The van der Waals surface area contributed by atoms with Gasteiger partial charge in [0.1, 0.15) is 6.29 Å². The first-order valence-corrected chi connectivity index (χ1v) is 10.5. The largest absolute Gasteiger partial charge is 0.301 e. The van der Waals surface area contributed by atoms with Crippen molar-refractivity contribution in [2.75, 3.05) is 6.54 Å². The molecule has 29 heavy (non-hydrogen) atoms. The molecule has 0 aliphatic carbocycles. The van der Waals surface area contributed by atoms with E-state index in [0.29, 0.717) is 6.54 Å². The number of aldehydes is 1. The third-order valence-corrected chi connectivity index (χ3v) is 6.56. The quantitative estimate of drug-likeness (QED) is 0.438. The second kappa shape index (κ2) is 7.63. The van der Waals surface area contributed by atoms with Crippen LogP contribution in [0.1, 0.15) is 22.3 Å². The average Bonchev–Trinajstić information content (AvgIpc) is 3.32. The predicted octanol–water partition coefficient (Wildman–Crippen LogP) is 4.71. The zero-order chi connectivity index (χ0) is 19.8. The lowest BCUT2D eigenvalue weighted by atomic mass is 9.97. The molecule has 0 spiro atoms. The van der Waals surface area contributed by atoms with E-state index in [1.54, 1.807) is 23.7 Å². The van der Waals surface area contributed by atoms with Crippen LogP contribution in [0.3, 0.4) is 0 Å². The Labute approximate surface area is 177 Å². The molecule has 3 aromatic heterocycles. The molecule has 0 amide bonds. The fraction of sp³-hybridized carbons (Fsp3) is 0.182. The lowest BCUT2D eigenvalue weighted by Crippen LogP contribution is -2.25. The molecular weight excluding hydrogens is 404 g/mol. The Morgan fingerprint density at radius 1 is 1.17 bits per heavy atom. The molecule has 4 aromatic rings. The Balaban J connectivity index is 1.40. The second-order valence-corrected chi connectivity index (χ2v) is 8.53. The van der Waals surface area contributed by atoms with Crippen molar-refractivity contribution >= 4 is 39.4 Å². The minimum atomic E-state index is -0.300. The fourth-order valence-electron chi connectivity index (χ4n) is 3.89. The van der Waals surface area contributed by atoms with Gasteiger partial charge < -0.3 is 4.79 Å². The fourth-order valence-corrected chi connectivity index (χ4v) is 5.13. The van der Waals surface area contributed by atoms with Crippen molar-refractivity contribution in [1.29, 1.82) is 0 Å². The molecule has 0 N–H and O–H groups in total. The van der Waals surface area contributed by atoms with E-state index >= 15 is 0 Å². The first kappa shape index (κ1) is 18.4. The minimum Gasteiger partial charge on any atom is -0.301 e. The van der Waals surface area contributed by atoms with E-state index in [1.165, 1.54) is 0 Å². The van der Waals surface area contributed by atoms with E-state index in [4.69, 9.17) is 16.6 Å². The van der Waals surface area contributed by atoms with E-state index in [0.717, 1.165) is 61.9 Å². The molecule has 1 aliphatic heterocycles. The third-order valence-electron chi connectivity index (χ3n) is 5.24. The summed E-state index contributed by atoms with van der Waals surface area (Å²) < 4.78 is 1.09. The van der Waals surface area contributed by atoms with Crippen LogP contribution in [0, 0.1) is 0 Å². The topological polar surface area (TPSA) is 59.0 Å². The third kappa shape index (κ3) is 3.44. The number of carbonyl (C=O) groups excluding carboxylic acids is 1. The van der Waals surface area contributed by atoms with E-state index in [2.05, 4.69) is 14.9 Å². The maximum Gasteiger partial charge on any atom is 0.141 e. The molecule has 0 fully saturated rings. The number of benzene rings is 1. The van der Waals surface area contributed by atoms with Crippen molar-refractivity contribution < 1.29 is 4.79 Å². The van der Waals surface area contributed by atoms with Crippen LogP contribution in [0.15, 0.2) is 55.0 Å². The van der Waals surface area contributed by atoms with Crippen LogP contribution in [-0.2, 0) is 17.8 Å². The first-order chi connectivity index (χ1) is 14.2. The maximum atomic E-state index is 12.0. The van der Waals surface area contributed by atoms with Gasteiger partial charge in [-0.15, -0.1) is 11.3 Å². The number of hydrogen-bond donors (Lipinski definition) is 0. The smallest absolute Gasteiger partial charge is 0.141 e. The van der Waals surface area contributed by atoms with E-state index in [9.17, 15) is 4.79 Å². The highest BCUT2D eigenvalue weighted by molar-refractivity contribution is 7.18. The molecule has 144 valence electrons. The summed E-state index contributed by atoms with van der Waals surface area (Å²) in [6.07, 6.45) is 7.15. The van der Waals surface area contributed by atoms with Crippen LogP contribution in [0.2, 0.25) is 5.02 Å². The molecule has 5 rings (SSSR count). The SMILES string of the molecule is O=CC1c2c(-c3ccncc3)ccnc2CN1CCc1nc2ccc(Cl)cc2s1. The minimum absolute atomic E-state index is 0.300. The summed E-state index contributed by atoms with van der Waals surface area (Å²) in [6.45, 7) is 1.40. The summed E-state index contributed by atoms with van der Waals surface area (Å²) in [6, 6.07) is 11.4. The molecule has 5 nitrogen and oxygen atoms in total. The molecule has 0 bridgehead atoms. The lowest BCUT2D eigenvalue weighted by Gasteiger charge is -2.20. The summed E-state index contributed by atoms with van der Waals surface area (Å²) >= 11 is 7.74. The predicted molar refractivity (Wildman–Crippen MR) is 115 cm³/mol. The van der Waals surface area contributed by atoms with Gasteiger partial charge in [-0.1, -0.05) is 11.6 Å². The molecule has 7 heteroatoms. The number of nitrogens with zero attached hydrogens (tertiary/aromatic N) is 4. The molecule has 1 unspecified atom stereocenters. The number of hydrogen-bond acceptors (Lipinski definition) is 6. The van der Waals surface area contributed by atoms with Crippen LogP contribution in [-0.4, -0.2) is 32.7 Å². The van der Waals surface area contributed by atoms with E-state index in [-0.39, 0.29) is 6.04 Å². The molecule has 0 saturated carbocycles. The summed E-state index contributed by atoms with van der Waals surface area (Å²) in [5.74, 6) is 0. The maximum absolute atomic E-state index is 12.0. The van der Waals surface area contributed by atoms with Gasteiger partial charge in [0.25, 0.3) is 0 Å². The highest BCUT2D eigenvalue weighted by atomic mass is 35.5. The van der Waals surface area contributed by atoms with Gasteiger partial charge in [0.05, 0.1) is 27.0 Å². The van der Waals surface area contributed by atoms with Gasteiger partial charge in [-0.3, -0.25) is 14.9 Å². The number of halogens is 1. The number of fused-ring (bicyclic) bond motifs is 2. The van der Waals surface area contributed by atoms with Gasteiger partial charge in [0.2, 0.25) is 0 Å². The molecule has 1 aliphatic rings. The number of pyridine rings is 2. The van der Waals surface area contributed by atoms with Crippen molar-refractivity contribution in [2.24, 2.45) is 0 Å². The van der Waals surface area contributed by atoms with Crippen molar-refractivity contribution in [3.8, 4) is 11.1 Å². The summed E-state index contributed by atoms with van der Waals surface area (Å²) in [5.41, 5.74) is 5.03. The molecular formula is C22H17ClN4OS. The Morgan fingerprint density at radius 3 is 2.86 bits per heavy atom. The van der Waals surface area contributed by atoms with Crippen molar-refractivity contribution in [2.45, 2.75) is 19.0 Å². The Kier molecular flexibility index (Phi) is 4.83. The van der Waals surface area contributed by atoms with Gasteiger partial charge in [-0.05, 0) is 47.5 Å². The van der Waals surface area contributed by atoms with Crippen molar-refractivity contribution in [3.63, 3.8) is 0 Å². The lowest BCUT2D eigenvalue weighted by molar-refractivity contribution is -0.112. The molecule has 4 heterocycles. The molecule has 0 saturated heterocycles. The van der Waals surface area contributed by atoms with Gasteiger partial charge in [0, 0.05) is 48.7 Å². The van der Waals surface area contributed by atoms with Crippen LogP contribution in [0.4, 0.5) is 0 Å². The molecule has 0 radical (unpaired) electrons. The van der Waals surface area contributed by atoms with Crippen LogP contribution in [0.25, 0.3) is 21.3 Å². The van der Waals surface area contributed by atoms with Gasteiger partial charge in [-0.25, -0.2) is 4.98 Å². The summed E-state index contributed by atoms with van der Waals surface area (Å²) in [4.78, 5) is 27.6. The highest BCUT2D eigenvalue weighted by Crippen LogP contribution is 2.38. The zero-order valence-electron chi connectivity index (χ0n) is 15.5. The van der Waals surface area contributed by atoms with Crippen molar-refractivity contribution in [1.82, 2.24) is 19.9 Å². The van der Waals surface area contributed by atoms with Gasteiger partial charge >= 0.3 is 0 Å². The number of aromatic nitrogens is 3. The highest BCUT2D eigenvalue weighted by Gasteiger charge is 2.33. The summed E-state index contributed by atoms with van der Waals surface area (Å²) in [5, 5.41) is 1.77. The number of rotatable bonds is 5. The Hall–Kier alpha value is -2.67. The Bertz CT molecular complexity index is 1190. The summed E-state index contributed by atoms with van der Waals surface area (Å²) in [7, 11) is 0. The van der Waals surface area contributed by atoms with Crippen LogP contribution >= 0.6 is 22.9 Å².